The SMILES string of the molecule is CC(C)(C)OC(=O)NCCCC1NC(=O)C(CCCNC(=O)OC(C)(C)C)NC1=O. The fourth-order valence-corrected chi connectivity index (χ4v) is 2.70. The summed E-state index contributed by atoms with van der Waals surface area (Å²) in [6, 6.07) is -1.26. The van der Waals surface area contributed by atoms with Gasteiger partial charge in [0, 0.05) is 13.1 Å². The molecule has 0 saturated carbocycles. The lowest BCUT2D eigenvalue weighted by atomic mass is 10.0. The average molecular weight is 429 g/mol. The molecular formula is C20H36N4O6. The molecule has 1 rings (SSSR count). The van der Waals surface area contributed by atoms with Crippen LogP contribution >= 0.6 is 0 Å². The number of piperazine rings is 1. The van der Waals surface area contributed by atoms with Gasteiger partial charge in [-0.2, -0.15) is 0 Å². The first-order valence-electron chi connectivity index (χ1n) is 10.3. The van der Waals surface area contributed by atoms with Crippen LogP contribution in [0.4, 0.5) is 9.59 Å². The Morgan fingerprint density at radius 2 is 1.10 bits per heavy atom. The molecule has 2 unspecified atom stereocenters. The molecule has 1 fully saturated rings. The first-order chi connectivity index (χ1) is 13.8. The number of carbonyl (C=O) groups excluding carboxylic acids is 4. The van der Waals surface area contributed by atoms with Gasteiger partial charge in [-0.3, -0.25) is 9.59 Å². The van der Waals surface area contributed by atoms with E-state index in [2.05, 4.69) is 21.3 Å². The van der Waals surface area contributed by atoms with Crippen LogP contribution in [0.3, 0.4) is 0 Å². The van der Waals surface area contributed by atoms with Crippen molar-refractivity contribution in [1.82, 2.24) is 21.3 Å². The number of alkyl carbamates (subject to hydrolysis) is 2. The van der Waals surface area contributed by atoms with Crippen molar-refractivity contribution < 1.29 is 28.7 Å². The van der Waals surface area contributed by atoms with Crippen molar-refractivity contribution in [3.63, 3.8) is 0 Å². The molecule has 1 heterocycles. The Kier molecular flexibility index (Phi) is 9.38. The second-order valence-corrected chi connectivity index (χ2v) is 9.26. The summed E-state index contributed by atoms with van der Waals surface area (Å²) in [7, 11) is 0. The molecule has 10 heteroatoms. The van der Waals surface area contributed by atoms with Gasteiger partial charge >= 0.3 is 12.2 Å². The lowest BCUT2D eigenvalue weighted by molar-refractivity contribution is -0.137. The number of hydrogen-bond donors (Lipinski definition) is 4. The molecule has 0 spiro atoms. The third-order valence-electron chi connectivity index (χ3n) is 3.94. The normalized spacial score (nSPS) is 19.4. The summed E-state index contributed by atoms with van der Waals surface area (Å²) in [6.45, 7) is 11.3. The van der Waals surface area contributed by atoms with Crippen molar-refractivity contribution >= 4 is 24.0 Å². The van der Waals surface area contributed by atoms with E-state index in [9.17, 15) is 19.2 Å². The standard InChI is InChI=1S/C20H36N4O6/c1-19(2,3)29-17(27)21-11-7-9-13-15(25)24-14(16(26)23-13)10-8-12-22-18(28)30-20(4,5)6/h13-14H,7-12H2,1-6H3,(H,21,27)(H,22,28)(H,23,26)(H,24,25). The van der Waals surface area contributed by atoms with Crippen LogP contribution in [-0.4, -0.2) is 60.4 Å². The quantitative estimate of drug-likeness (QED) is 0.434. The van der Waals surface area contributed by atoms with Crippen molar-refractivity contribution in [1.29, 1.82) is 0 Å². The van der Waals surface area contributed by atoms with Gasteiger partial charge in [0.15, 0.2) is 0 Å². The summed E-state index contributed by atoms with van der Waals surface area (Å²) < 4.78 is 10.3. The van der Waals surface area contributed by atoms with Crippen LogP contribution < -0.4 is 21.3 Å². The van der Waals surface area contributed by atoms with Crippen molar-refractivity contribution in [2.24, 2.45) is 0 Å². The molecule has 0 radical (unpaired) electrons. The molecule has 0 aromatic rings. The summed E-state index contributed by atoms with van der Waals surface area (Å²) in [5.74, 6) is -0.506. The molecule has 4 N–H and O–H groups in total. The molecule has 30 heavy (non-hydrogen) atoms. The molecule has 4 amide bonds. The molecule has 10 nitrogen and oxygen atoms in total. The van der Waals surface area contributed by atoms with Crippen LogP contribution in [-0.2, 0) is 19.1 Å². The molecule has 0 aromatic heterocycles. The fourth-order valence-electron chi connectivity index (χ4n) is 2.70. The summed E-state index contributed by atoms with van der Waals surface area (Å²) in [6.07, 6.45) is 0.810. The van der Waals surface area contributed by atoms with Crippen molar-refractivity contribution in [3.8, 4) is 0 Å². The van der Waals surface area contributed by atoms with Gasteiger partial charge in [0.05, 0.1) is 0 Å². The predicted octanol–water partition coefficient (Wildman–Crippen LogP) is 1.58. The van der Waals surface area contributed by atoms with E-state index in [0.29, 0.717) is 38.8 Å². The maximum absolute atomic E-state index is 12.2. The van der Waals surface area contributed by atoms with E-state index in [1.165, 1.54) is 0 Å². The monoisotopic (exact) mass is 428 g/mol. The molecular weight excluding hydrogens is 392 g/mol. The third-order valence-corrected chi connectivity index (χ3v) is 3.94. The topological polar surface area (TPSA) is 135 Å². The Bertz CT molecular complexity index is 570. The maximum Gasteiger partial charge on any atom is 0.407 e. The Morgan fingerprint density at radius 3 is 1.40 bits per heavy atom. The molecule has 0 bridgehead atoms. The Morgan fingerprint density at radius 1 is 0.767 bits per heavy atom. The molecule has 0 aromatic carbocycles. The van der Waals surface area contributed by atoms with Crippen molar-refractivity contribution in [2.75, 3.05) is 13.1 Å². The van der Waals surface area contributed by atoms with E-state index in [-0.39, 0.29) is 11.8 Å². The largest absolute Gasteiger partial charge is 0.444 e. The Balaban J connectivity index is 2.25. The van der Waals surface area contributed by atoms with E-state index in [1.807, 2.05) is 0 Å². The predicted molar refractivity (Wildman–Crippen MR) is 111 cm³/mol. The minimum Gasteiger partial charge on any atom is -0.444 e. The maximum atomic E-state index is 12.2. The van der Waals surface area contributed by atoms with Gasteiger partial charge in [0.25, 0.3) is 0 Å². The smallest absolute Gasteiger partial charge is 0.407 e. The van der Waals surface area contributed by atoms with Crippen LogP contribution in [0.25, 0.3) is 0 Å². The Hall–Kier alpha value is -2.52. The lowest BCUT2D eigenvalue weighted by Gasteiger charge is -2.29. The minimum atomic E-state index is -0.630. The summed E-state index contributed by atoms with van der Waals surface area (Å²) in [5.41, 5.74) is -1.14. The summed E-state index contributed by atoms with van der Waals surface area (Å²) in [4.78, 5) is 47.6. The zero-order chi connectivity index (χ0) is 22.9. The minimum absolute atomic E-state index is 0.253. The van der Waals surface area contributed by atoms with E-state index in [0.717, 1.165) is 0 Å². The third kappa shape index (κ3) is 10.9. The second-order valence-electron chi connectivity index (χ2n) is 9.26. The molecule has 1 aliphatic rings. The molecule has 2 atom stereocenters. The van der Waals surface area contributed by atoms with Crippen molar-refractivity contribution in [3.05, 3.63) is 0 Å². The highest BCUT2D eigenvalue weighted by atomic mass is 16.6. The molecule has 172 valence electrons. The van der Waals surface area contributed by atoms with Crippen LogP contribution in [0.5, 0.6) is 0 Å². The number of amides is 4. The van der Waals surface area contributed by atoms with E-state index < -0.39 is 35.5 Å². The van der Waals surface area contributed by atoms with Gasteiger partial charge in [0.2, 0.25) is 11.8 Å². The highest BCUT2D eigenvalue weighted by Crippen LogP contribution is 2.09. The zero-order valence-corrected chi connectivity index (χ0v) is 18.8. The summed E-state index contributed by atoms with van der Waals surface area (Å²) in [5, 5.41) is 10.7. The van der Waals surface area contributed by atoms with Crippen LogP contribution in [0.1, 0.15) is 67.2 Å². The molecule has 0 aliphatic carbocycles. The highest BCUT2D eigenvalue weighted by Gasteiger charge is 2.32. The van der Waals surface area contributed by atoms with Gasteiger partial charge in [-0.1, -0.05) is 0 Å². The van der Waals surface area contributed by atoms with E-state index in [4.69, 9.17) is 9.47 Å². The number of ether oxygens (including phenoxy) is 2. The van der Waals surface area contributed by atoms with Crippen LogP contribution in [0.15, 0.2) is 0 Å². The van der Waals surface area contributed by atoms with Gasteiger partial charge in [0.1, 0.15) is 23.3 Å². The second kappa shape index (κ2) is 11.0. The number of hydrogen-bond acceptors (Lipinski definition) is 6. The van der Waals surface area contributed by atoms with Crippen molar-refractivity contribution in [2.45, 2.75) is 90.5 Å². The number of rotatable bonds is 8. The number of carbonyl (C=O) groups is 4. The van der Waals surface area contributed by atoms with Crippen LogP contribution in [0, 0.1) is 0 Å². The molecule has 1 aliphatic heterocycles. The van der Waals surface area contributed by atoms with Gasteiger partial charge in [-0.25, -0.2) is 9.59 Å². The first kappa shape index (κ1) is 25.5. The number of nitrogens with one attached hydrogen (secondary N) is 4. The van der Waals surface area contributed by atoms with Gasteiger partial charge in [-0.15, -0.1) is 0 Å². The first-order valence-corrected chi connectivity index (χ1v) is 10.3. The van der Waals surface area contributed by atoms with Crippen LogP contribution in [0.2, 0.25) is 0 Å². The fraction of sp³-hybridized carbons (Fsp3) is 0.800. The van der Waals surface area contributed by atoms with Gasteiger partial charge < -0.3 is 30.7 Å². The highest BCUT2D eigenvalue weighted by molar-refractivity contribution is 5.96. The Labute approximate surface area is 178 Å². The average Bonchev–Trinajstić information content (AvgIpc) is 2.55. The lowest BCUT2D eigenvalue weighted by Crippen LogP contribution is -2.61. The van der Waals surface area contributed by atoms with E-state index in [1.54, 1.807) is 41.5 Å². The summed E-state index contributed by atoms with van der Waals surface area (Å²) >= 11 is 0. The van der Waals surface area contributed by atoms with Gasteiger partial charge in [-0.05, 0) is 67.2 Å². The van der Waals surface area contributed by atoms with E-state index >= 15 is 0 Å². The zero-order valence-electron chi connectivity index (χ0n) is 18.8. The molecule has 1 saturated heterocycles.